The van der Waals surface area contributed by atoms with E-state index in [1.54, 1.807) is 0 Å². The molecule has 72 valence electrons. The molecule has 6 heteroatoms. The molecule has 1 N–H and O–H groups in total. The molecule has 1 aromatic heterocycles. The first-order valence-electron chi connectivity index (χ1n) is 3.28. The van der Waals surface area contributed by atoms with Crippen LogP contribution in [0.25, 0.3) is 0 Å². The van der Waals surface area contributed by atoms with Crippen LogP contribution in [0.2, 0.25) is 0 Å². The van der Waals surface area contributed by atoms with Gasteiger partial charge in [-0.25, -0.2) is 4.98 Å². The Morgan fingerprint density at radius 3 is 2.46 bits per heavy atom. The van der Waals surface area contributed by atoms with Crippen molar-refractivity contribution in [1.82, 2.24) is 4.98 Å². The monoisotopic (exact) mass is 255 g/mol. The van der Waals surface area contributed by atoms with Gasteiger partial charge in [0.25, 0.3) is 0 Å². The number of aliphatic hydroxyl groups is 1. The van der Waals surface area contributed by atoms with Crippen LogP contribution in [0, 0.1) is 0 Å². The van der Waals surface area contributed by atoms with Gasteiger partial charge in [0.15, 0.2) is 0 Å². The fourth-order valence-corrected chi connectivity index (χ4v) is 1.27. The van der Waals surface area contributed by atoms with Gasteiger partial charge < -0.3 is 5.11 Å². The van der Waals surface area contributed by atoms with Crippen LogP contribution >= 0.6 is 15.9 Å². The van der Waals surface area contributed by atoms with Crippen LogP contribution in [0.1, 0.15) is 11.3 Å². The van der Waals surface area contributed by atoms with Crippen molar-refractivity contribution in [2.75, 3.05) is 0 Å². The Morgan fingerprint density at radius 2 is 2.00 bits per heavy atom. The molecule has 0 saturated heterocycles. The van der Waals surface area contributed by atoms with Crippen molar-refractivity contribution >= 4 is 15.9 Å². The van der Waals surface area contributed by atoms with E-state index in [2.05, 4.69) is 20.9 Å². The van der Waals surface area contributed by atoms with Crippen LogP contribution in [0.4, 0.5) is 13.2 Å². The molecule has 0 aliphatic rings. The van der Waals surface area contributed by atoms with E-state index in [1.807, 2.05) is 0 Å². The van der Waals surface area contributed by atoms with Gasteiger partial charge in [-0.15, -0.1) is 0 Å². The zero-order valence-electron chi connectivity index (χ0n) is 6.27. The summed E-state index contributed by atoms with van der Waals surface area (Å²) in [6, 6.07) is 2.14. The number of hydrogen-bond donors (Lipinski definition) is 1. The van der Waals surface area contributed by atoms with Crippen LogP contribution in [0.3, 0.4) is 0 Å². The summed E-state index contributed by atoms with van der Waals surface area (Å²) in [4.78, 5) is 3.23. The second-order valence-corrected chi connectivity index (χ2v) is 3.15. The lowest BCUT2D eigenvalue weighted by atomic mass is 10.2. The van der Waals surface area contributed by atoms with Crippen LogP contribution in [0.15, 0.2) is 16.7 Å². The zero-order valence-corrected chi connectivity index (χ0v) is 7.85. The van der Waals surface area contributed by atoms with Gasteiger partial charge in [0.2, 0.25) is 0 Å². The number of halogens is 4. The maximum atomic E-state index is 12.1. The molecule has 13 heavy (non-hydrogen) atoms. The van der Waals surface area contributed by atoms with E-state index in [4.69, 9.17) is 5.11 Å². The molecule has 0 radical (unpaired) electrons. The number of alkyl halides is 3. The van der Waals surface area contributed by atoms with E-state index in [1.165, 1.54) is 6.07 Å². The van der Waals surface area contributed by atoms with Gasteiger partial charge in [0.1, 0.15) is 10.3 Å². The topological polar surface area (TPSA) is 33.1 Å². The molecule has 0 aliphatic heterocycles. The smallest absolute Gasteiger partial charge is 0.392 e. The Hall–Kier alpha value is -0.620. The van der Waals surface area contributed by atoms with Gasteiger partial charge in [0, 0.05) is 0 Å². The minimum absolute atomic E-state index is 0.0615. The third-order valence-corrected chi connectivity index (χ3v) is 1.73. The van der Waals surface area contributed by atoms with Crippen LogP contribution in [0.5, 0.6) is 0 Å². The summed E-state index contributed by atoms with van der Waals surface area (Å²) in [5.74, 6) is 0. The molecule has 0 aliphatic carbocycles. The van der Waals surface area contributed by atoms with Crippen molar-refractivity contribution in [2.24, 2.45) is 0 Å². The Balaban J connectivity index is 3.16. The van der Waals surface area contributed by atoms with E-state index >= 15 is 0 Å². The SMILES string of the molecule is OCc1cc(Br)nc(C(F)(F)F)c1. The molecule has 0 aromatic carbocycles. The molecule has 0 unspecified atom stereocenters. The second-order valence-electron chi connectivity index (χ2n) is 2.34. The van der Waals surface area contributed by atoms with E-state index in [0.717, 1.165) is 6.07 Å². The van der Waals surface area contributed by atoms with E-state index < -0.39 is 18.5 Å². The van der Waals surface area contributed by atoms with Crippen molar-refractivity contribution in [3.63, 3.8) is 0 Å². The van der Waals surface area contributed by atoms with Gasteiger partial charge in [-0.1, -0.05) is 0 Å². The minimum Gasteiger partial charge on any atom is -0.392 e. The summed E-state index contributed by atoms with van der Waals surface area (Å²) in [6.45, 7) is -0.440. The number of aromatic nitrogens is 1. The maximum Gasteiger partial charge on any atom is 0.433 e. The molecular weight excluding hydrogens is 251 g/mol. The molecule has 0 bridgehead atoms. The lowest BCUT2D eigenvalue weighted by molar-refractivity contribution is -0.141. The highest BCUT2D eigenvalue weighted by molar-refractivity contribution is 9.10. The average Bonchev–Trinajstić information content (AvgIpc) is 2.01. The van der Waals surface area contributed by atoms with Crippen molar-refractivity contribution in [3.05, 3.63) is 28.0 Å². The Morgan fingerprint density at radius 1 is 1.38 bits per heavy atom. The lowest BCUT2D eigenvalue weighted by Gasteiger charge is -2.07. The molecule has 0 atom stereocenters. The molecule has 0 spiro atoms. The molecular formula is C7H5BrF3NO. The standard InChI is InChI=1S/C7H5BrF3NO/c8-6-2-4(3-13)1-5(12-6)7(9,10)11/h1-2,13H,3H2. The largest absolute Gasteiger partial charge is 0.433 e. The highest BCUT2D eigenvalue weighted by atomic mass is 79.9. The van der Waals surface area contributed by atoms with E-state index in [-0.39, 0.29) is 10.2 Å². The minimum atomic E-state index is -4.48. The van der Waals surface area contributed by atoms with Crippen LogP contribution in [-0.4, -0.2) is 10.1 Å². The number of hydrogen-bond acceptors (Lipinski definition) is 2. The van der Waals surface area contributed by atoms with Crippen LogP contribution in [-0.2, 0) is 12.8 Å². The highest BCUT2D eigenvalue weighted by Crippen LogP contribution is 2.29. The third kappa shape index (κ3) is 2.67. The quantitative estimate of drug-likeness (QED) is 0.782. The zero-order chi connectivity index (χ0) is 10.1. The summed E-state index contributed by atoms with van der Waals surface area (Å²) in [5, 5.41) is 8.64. The molecule has 1 aromatic rings. The highest BCUT2D eigenvalue weighted by Gasteiger charge is 2.32. The first kappa shape index (κ1) is 10.5. The first-order valence-corrected chi connectivity index (χ1v) is 4.07. The van der Waals surface area contributed by atoms with Gasteiger partial charge in [0.05, 0.1) is 6.61 Å². The Kier molecular flexibility index (Phi) is 2.92. The van der Waals surface area contributed by atoms with Gasteiger partial charge in [-0.2, -0.15) is 13.2 Å². The summed E-state index contributed by atoms with van der Waals surface area (Å²) in [5.41, 5.74) is -0.833. The van der Waals surface area contributed by atoms with Crippen molar-refractivity contribution < 1.29 is 18.3 Å². The number of aliphatic hydroxyl groups excluding tert-OH is 1. The molecule has 1 rings (SSSR count). The Labute approximate surface area is 80.5 Å². The second kappa shape index (κ2) is 3.63. The molecule has 1 heterocycles. The number of rotatable bonds is 1. The fourth-order valence-electron chi connectivity index (χ4n) is 0.786. The van der Waals surface area contributed by atoms with Gasteiger partial charge in [-0.05, 0) is 33.6 Å². The Bertz CT molecular complexity index is 313. The summed E-state index contributed by atoms with van der Waals surface area (Å²) in [7, 11) is 0. The van der Waals surface area contributed by atoms with Gasteiger partial charge in [-0.3, -0.25) is 0 Å². The fraction of sp³-hybridized carbons (Fsp3) is 0.286. The van der Waals surface area contributed by atoms with Crippen molar-refractivity contribution in [3.8, 4) is 0 Å². The third-order valence-electron chi connectivity index (χ3n) is 1.33. The number of nitrogens with zero attached hydrogens (tertiary/aromatic N) is 1. The molecule has 0 fully saturated rings. The number of pyridine rings is 1. The molecule has 0 amide bonds. The molecule has 2 nitrogen and oxygen atoms in total. The van der Waals surface area contributed by atoms with Crippen LogP contribution < -0.4 is 0 Å². The molecule has 0 saturated carbocycles. The van der Waals surface area contributed by atoms with Gasteiger partial charge >= 0.3 is 6.18 Å². The predicted molar refractivity (Wildman–Crippen MR) is 42.9 cm³/mol. The van der Waals surface area contributed by atoms with Crippen molar-refractivity contribution in [2.45, 2.75) is 12.8 Å². The normalized spacial score (nSPS) is 11.8. The van der Waals surface area contributed by atoms with E-state index in [9.17, 15) is 13.2 Å². The average molecular weight is 256 g/mol. The summed E-state index contributed by atoms with van der Waals surface area (Å²) >= 11 is 2.82. The first-order chi connectivity index (χ1) is 5.93. The summed E-state index contributed by atoms with van der Waals surface area (Å²) < 4.78 is 36.4. The lowest BCUT2D eigenvalue weighted by Crippen LogP contribution is -2.08. The predicted octanol–water partition coefficient (Wildman–Crippen LogP) is 2.36. The maximum absolute atomic E-state index is 12.1. The van der Waals surface area contributed by atoms with Crippen molar-refractivity contribution in [1.29, 1.82) is 0 Å². The summed E-state index contributed by atoms with van der Waals surface area (Å²) in [6.07, 6.45) is -4.48. The van der Waals surface area contributed by atoms with E-state index in [0.29, 0.717) is 0 Å².